The highest BCUT2D eigenvalue weighted by Gasteiger charge is 2.68. The van der Waals surface area contributed by atoms with Crippen LogP contribution in [-0.4, -0.2) is 190 Å². The molecule has 4 aliphatic carbocycles. The summed E-state index contributed by atoms with van der Waals surface area (Å²) in [5.74, 6) is -1.92. The van der Waals surface area contributed by atoms with Gasteiger partial charge in [-0.25, -0.2) is 4.79 Å². The average molecular weight is 949 g/mol. The standard InChI is InChI=1S/C47H80O19/c1-8-23(18(2)3)26(50)15-19(4)28-38(32(53)29-24-10-9-21-16-22(49)11-13-46(21,6)25(24)12-14-47(28,29)7)63-45-40(65-44-36(57)34(55)31(52)27(17-48)62-44)37(58)39(41(66-45)42(59)60)64-43-35(56)33(54)30(51)20(5)61-43/h18-41,43-45,48-58H,8-17H2,1-7H3,(H,59,60)/t19-,20+,21+,22+,23?,24-,25+,26?,27-,28+,29-,30+,31-,32+,33-,34+,35-,36-,37+,38-,39+,40-,41+,43+,44+,45-,46+,47-/m1/s1. The third kappa shape index (κ3) is 9.39. The fourth-order valence-corrected chi connectivity index (χ4v) is 14.6. The smallest absolute Gasteiger partial charge is 0.335 e. The number of hydrogen-bond acceptors (Lipinski definition) is 18. The van der Waals surface area contributed by atoms with Crippen molar-refractivity contribution < 1.29 is 94.5 Å². The van der Waals surface area contributed by atoms with Gasteiger partial charge in [0.1, 0.15) is 61.0 Å². The van der Waals surface area contributed by atoms with E-state index in [0.717, 1.165) is 38.5 Å². The lowest BCUT2D eigenvalue weighted by atomic mass is 9.44. The molecule has 0 amide bonds. The minimum atomic E-state index is -2.10. The number of carboxylic acid groups (broad SMARTS) is 1. The van der Waals surface area contributed by atoms with Crippen LogP contribution in [0.3, 0.4) is 0 Å². The number of aliphatic hydroxyl groups excluding tert-OH is 11. The topological polar surface area (TPSA) is 315 Å². The normalized spacial score (nSPS) is 52.2. The van der Waals surface area contributed by atoms with Crippen LogP contribution in [0.4, 0.5) is 0 Å². The molecule has 4 saturated carbocycles. The Labute approximate surface area is 387 Å². The van der Waals surface area contributed by atoms with Crippen molar-refractivity contribution in [1.82, 2.24) is 0 Å². The second-order valence-electron chi connectivity index (χ2n) is 22.1. The van der Waals surface area contributed by atoms with Crippen molar-refractivity contribution >= 4 is 5.97 Å². The fraction of sp³-hybridized carbons (Fsp3) is 0.979. The Morgan fingerprint density at radius 1 is 0.697 bits per heavy atom. The predicted octanol–water partition coefficient (Wildman–Crippen LogP) is -0.390. The van der Waals surface area contributed by atoms with E-state index in [2.05, 4.69) is 27.7 Å². The van der Waals surface area contributed by atoms with Crippen molar-refractivity contribution in [3.8, 4) is 0 Å². The van der Waals surface area contributed by atoms with Gasteiger partial charge in [-0.15, -0.1) is 0 Å². The number of carboxylic acids is 1. The molecule has 2 unspecified atom stereocenters. The summed E-state index contributed by atoms with van der Waals surface area (Å²) in [5, 5.41) is 133. The van der Waals surface area contributed by atoms with Gasteiger partial charge in [0, 0.05) is 0 Å². The monoisotopic (exact) mass is 949 g/mol. The molecule has 0 radical (unpaired) electrons. The molecule has 19 nitrogen and oxygen atoms in total. The lowest BCUT2D eigenvalue weighted by Gasteiger charge is -2.61. The van der Waals surface area contributed by atoms with Crippen LogP contribution in [0.5, 0.6) is 0 Å². The molecule has 66 heavy (non-hydrogen) atoms. The van der Waals surface area contributed by atoms with Gasteiger partial charge >= 0.3 is 5.97 Å². The Morgan fingerprint density at radius 3 is 1.92 bits per heavy atom. The summed E-state index contributed by atoms with van der Waals surface area (Å²) in [6, 6.07) is 0. The minimum Gasteiger partial charge on any atom is -0.479 e. The van der Waals surface area contributed by atoms with Gasteiger partial charge in [0.15, 0.2) is 25.0 Å². The van der Waals surface area contributed by atoms with Gasteiger partial charge in [-0.2, -0.15) is 0 Å². The molecular weight excluding hydrogens is 868 g/mol. The molecule has 3 saturated heterocycles. The molecule has 382 valence electrons. The van der Waals surface area contributed by atoms with Gasteiger partial charge in [-0.05, 0) is 116 Å². The summed E-state index contributed by atoms with van der Waals surface area (Å²) in [6.45, 7) is 13.3. The van der Waals surface area contributed by atoms with Gasteiger partial charge in [-0.3, -0.25) is 0 Å². The van der Waals surface area contributed by atoms with E-state index >= 15 is 0 Å². The molecule has 0 aromatic heterocycles. The largest absolute Gasteiger partial charge is 0.479 e. The van der Waals surface area contributed by atoms with Gasteiger partial charge in [0.05, 0.1) is 37.1 Å². The summed E-state index contributed by atoms with van der Waals surface area (Å²) < 4.78 is 36.5. The van der Waals surface area contributed by atoms with Gasteiger partial charge in [-0.1, -0.05) is 48.0 Å². The number of rotatable bonds is 14. The molecule has 0 spiro atoms. The maximum atomic E-state index is 13.1. The van der Waals surface area contributed by atoms with Crippen LogP contribution in [0.25, 0.3) is 0 Å². The summed E-state index contributed by atoms with van der Waals surface area (Å²) in [6.07, 6.45) is -23.7. The van der Waals surface area contributed by atoms with Crippen molar-refractivity contribution in [2.24, 2.45) is 58.2 Å². The summed E-state index contributed by atoms with van der Waals surface area (Å²) >= 11 is 0. The van der Waals surface area contributed by atoms with E-state index in [1.165, 1.54) is 6.92 Å². The first-order valence-electron chi connectivity index (χ1n) is 24.6. The van der Waals surface area contributed by atoms with E-state index in [0.29, 0.717) is 25.2 Å². The first-order chi connectivity index (χ1) is 31.0. The van der Waals surface area contributed by atoms with E-state index in [1.54, 1.807) is 0 Å². The van der Waals surface area contributed by atoms with Crippen LogP contribution < -0.4 is 0 Å². The summed E-state index contributed by atoms with van der Waals surface area (Å²) in [7, 11) is 0. The zero-order valence-corrected chi connectivity index (χ0v) is 39.4. The lowest BCUT2D eigenvalue weighted by molar-refractivity contribution is -0.388. The number of ether oxygens (including phenoxy) is 6. The first-order valence-corrected chi connectivity index (χ1v) is 24.6. The van der Waals surface area contributed by atoms with Crippen LogP contribution in [0.2, 0.25) is 0 Å². The second-order valence-corrected chi connectivity index (χ2v) is 22.1. The number of hydrogen-bond donors (Lipinski definition) is 12. The molecular formula is C47H80O19. The van der Waals surface area contributed by atoms with E-state index in [4.69, 9.17) is 28.4 Å². The molecule has 3 heterocycles. The van der Waals surface area contributed by atoms with E-state index in [-0.39, 0.29) is 47.0 Å². The molecule has 7 fully saturated rings. The highest BCUT2D eigenvalue weighted by atomic mass is 16.8. The molecule has 12 N–H and O–H groups in total. The Morgan fingerprint density at radius 2 is 1.30 bits per heavy atom. The Kier molecular flexibility index (Phi) is 16.3. The molecule has 0 bridgehead atoms. The maximum absolute atomic E-state index is 13.1. The Hall–Kier alpha value is -1.21. The third-order valence-corrected chi connectivity index (χ3v) is 18.1. The lowest BCUT2D eigenvalue weighted by Crippen LogP contribution is -2.67. The number of aliphatic carboxylic acids is 1. The number of aliphatic hydroxyl groups is 11. The Bertz CT molecular complexity index is 1620. The average Bonchev–Trinajstić information content (AvgIpc) is 3.49. The van der Waals surface area contributed by atoms with Crippen LogP contribution in [0.1, 0.15) is 106 Å². The molecule has 7 rings (SSSR count). The van der Waals surface area contributed by atoms with Crippen LogP contribution in [-0.2, 0) is 33.2 Å². The third-order valence-electron chi connectivity index (χ3n) is 18.1. The van der Waals surface area contributed by atoms with Crippen molar-refractivity contribution in [3.05, 3.63) is 0 Å². The maximum Gasteiger partial charge on any atom is 0.335 e. The van der Waals surface area contributed by atoms with Crippen molar-refractivity contribution in [2.45, 2.75) is 223 Å². The summed E-state index contributed by atoms with van der Waals surface area (Å²) in [4.78, 5) is 13.1. The number of fused-ring (bicyclic) bond motifs is 5. The summed E-state index contributed by atoms with van der Waals surface area (Å²) in [5.41, 5.74) is -0.631. The second kappa shape index (κ2) is 20.5. The molecule has 0 aromatic carbocycles. The fourth-order valence-electron chi connectivity index (χ4n) is 14.6. The molecule has 28 atom stereocenters. The van der Waals surface area contributed by atoms with E-state index in [9.17, 15) is 66.1 Å². The Balaban J connectivity index is 1.27. The molecule has 19 heteroatoms. The van der Waals surface area contributed by atoms with Crippen LogP contribution in [0.15, 0.2) is 0 Å². The van der Waals surface area contributed by atoms with Crippen molar-refractivity contribution in [2.75, 3.05) is 6.61 Å². The van der Waals surface area contributed by atoms with Crippen molar-refractivity contribution in [3.63, 3.8) is 0 Å². The zero-order valence-electron chi connectivity index (χ0n) is 39.4. The van der Waals surface area contributed by atoms with Crippen LogP contribution >= 0.6 is 0 Å². The molecule has 0 aromatic rings. The highest BCUT2D eigenvalue weighted by Crippen LogP contribution is 2.69. The predicted molar refractivity (Wildman–Crippen MR) is 229 cm³/mol. The van der Waals surface area contributed by atoms with Gasteiger partial charge in [0.25, 0.3) is 0 Å². The zero-order chi connectivity index (χ0) is 48.5. The van der Waals surface area contributed by atoms with Crippen molar-refractivity contribution in [1.29, 1.82) is 0 Å². The first kappa shape index (κ1) is 52.6. The minimum absolute atomic E-state index is 0.0187. The highest BCUT2D eigenvalue weighted by molar-refractivity contribution is 5.73. The van der Waals surface area contributed by atoms with E-state index in [1.807, 2.05) is 13.8 Å². The van der Waals surface area contributed by atoms with Gasteiger partial charge in [0.2, 0.25) is 0 Å². The van der Waals surface area contributed by atoms with Gasteiger partial charge < -0.3 is 89.7 Å². The van der Waals surface area contributed by atoms with E-state index < -0.39 is 134 Å². The number of carbonyl (C=O) groups is 1. The molecule has 7 aliphatic rings. The molecule has 3 aliphatic heterocycles. The van der Waals surface area contributed by atoms with Crippen LogP contribution in [0, 0.1) is 58.2 Å². The quantitative estimate of drug-likeness (QED) is 0.106. The SMILES string of the molecule is CCC(C(C)C)C(O)C[C@@H](C)[C@H]1[C@@H](O[C@@H]2O[C@H](C(=O)O)[C@@H](O[C@@H]3O[C@@H](C)[C@H](O)[C@@H](O)[C@H]3O)[C@H](O)[C@H]2O[C@@H]2O[C@H](CO)[C@@H](O)[C@H](O)[C@H]2O)[C@@H](O)[C@H]2[C@@H]3CC[C@H]4C[C@@H](O)CC[C@]4(C)[C@H]3CC[C@]12C.